The van der Waals surface area contributed by atoms with Gasteiger partial charge in [0.05, 0.1) is 5.52 Å². The van der Waals surface area contributed by atoms with E-state index in [9.17, 15) is 4.39 Å². The van der Waals surface area contributed by atoms with Gasteiger partial charge in [0.1, 0.15) is 11.3 Å². The highest BCUT2D eigenvalue weighted by Crippen LogP contribution is 2.28. The van der Waals surface area contributed by atoms with Gasteiger partial charge in [-0.2, -0.15) is 0 Å². The van der Waals surface area contributed by atoms with Gasteiger partial charge in [-0.25, -0.2) is 9.37 Å². The highest BCUT2D eigenvalue weighted by Gasteiger charge is 2.12. The summed E-state index contributed by atoms with van der Waals surface area (Å²) >= 11 is 7.48. The van der Waals surface area contributed by atoms with Crippen molar-refractivity contribution in [2.24, 2.45) is 7.05 Å². The SMILES string of the molecule is Cn1c2ccccc2c2nnc(SCc3ccc(F)cc3Cl)nc21. The molecule has 2 aromatic heterocycles. The highest BCUT2D eigenvalue weighted by atomic mass is 35.5. The van der Waals surface area contributed by atoms with E-state index in [1.807, 2.05) is 35.9 Å². The molecule has 0 saturated heterocycles. The lowest BCUT2D eigenvalue weighted by Crippen LogP contribution is -1.96. The van der Waals surface area contributed by atoms with E-state index >= 15 is 0 Å². The number of hydrogen-bond acceptors (Lipinski definition) is 4. The smallest absolute Gasteiger partial charge is 0.211 e. The molecule has 0 atom stereocenters. The van der Waals surface area contributed by atoms with Crippen LogP contribution in [0, 0.1) is 5.82 Å². The normalized spacial score (nSPS) is 11.5. The van der Waals surface area contributed by atoms with Crippen LogP contribution in [0.3, 0.4) is 0 Å². The van der Waals surface area contributed by atoms with E-state index in [0.29, 0.717) is 15.9 Å². The average Bonchev–Trinajstić information content (AvgIpc) is 2.87. The lowest BCUT2D eigenvalue weighted by atomic mass is 10.2. The van der Waals surface area contributed by atoms with Gasteiger partial charge in [0, 0.05) is 23.2 Å². The van der Waals surface area contributed by atoms with Crippen LogP contribution in [0.2, 0.25) is 5.02 Å². The van der Waals surface area contributed by atoms with Crippen molar-refractivity contribution < 1.29 is 4.39 Å². The van der Waals surface area contributed by atoms with Crippen LogP contribution in [0.4, 0.5) is 4.39 Å². The zero-order valence-corrected chi connectivity index (χ0v) is 14.3. The van der Waals surface area contributed by atoms with E-state index in [4.69, 9.17) is 11.6 Å². The van der Waals surface area contributed by atoms with Crippen molar-refractivity contribution in [1.29, 1.82) is 0 Å². The third-order valence-corrected chi connectivity index (χ3v) is 5.10. The molecular formula is C17H12ClFN4S. The lowest BCUT2D eigenvalue weighted by molar-refractivity contribution is 0.627. The maximum atomic E-state index is 13.1. The molecule has 0 fully saturated rings. The highest BCUT2D eigenvalue weighted by molar-refractivity contribution is 7.98. The number of hydrogen-bond donors (Lipinski definition) is 0. The number of benzene rings is 2. The van der Waals surface area contributed by atoms with Crippen molar-refractivity contribution in [3.63, 3.8) is 0 Å². The molecular weight excluding hydrogens is 347 g/mol. The third-order valence-electron chi connectivity index (χ3n) is 3.86. The molecule has 24 heavy (non-hydrogen) atoms. The molecule has 0 radical (unpaired) electrons. The van der Waals surface area contributed by atoms with Gasteiger partial charge in [0.25, 0.3) is 0 Å². The summed E-state index contributed by atoms with van der Waals surface area (Å²) in [6.07, 6.45) is 0. The number of thioether (sulfide) groups is 1. The van der Waals surface area contributed by atoms with E-state index in [0.717, 1.165) is 27.6 Å². The molecule has 4 aromatic rings. The number of fused-ring (bicyclic) bond motifs is 3. The average molecular weight is 359 g/mol. The second kappa shape index (κ2) is 6.03. The van der Waals surface area contributed by atoms with Gasteiger partial charge < -0.3 is 4.57 Å². The zero-order valence-electron chi connectivity index (χ0n) is 12.7. The van der Waals surface area contributed by atoms with Crippen LogP contribution < -0.4 is 0 Å². The molecule has 120 valence electrons. The van der Waals surface area contributed by atoms with Crippen molar-refractivity contribution in [3.8, 4) is 0 Å². The summed E-state index contributed by atoms with van der Waals surface area (Å²) < 4.78 is 15.1. The molecule has 0 aliphatic rings. The molecule has 0 aliphatic carbocycles. The maximum Gasteiger partial charge on any atom is 0.211 e. The number of nitrogens with zero attached hydrogens (tertiary/aromatic N) is 4. The van der Waals surface area contributed by atoms with Gasteiger partial charge >= 0.3 is 0 Å². The molecule has 2 aromatic carbocycles. The third kappa shape index (κ3) is 2.61. The summed E-state index contributed by atoms with van der Waals surface area (Å²) in [5, 5.41) is 10.5. The standard InChI is InChI=1S/C17H12ClFN4S/c1-23-14-5-3-2-4-12(14)15-16(23)20-17(22-21-15)24-9-10-6-7-11(19)8-13(10)18/h2-8H,9H2,1H3. The van der Waals surface area contributed by atoms with Crippen LogP contribution in [0.25, 0.3) is 22.1 Å². The zero-order chi connectivity index (χ0) is 16.7. The van der Waals surface area contributed by atoms with Crippen LogP contribution in [-0.4, -0.2) is 19.7 Å². The molecule has 0 aliphatic heterocycles. The first-order chi connectivity index (χ1) is 11.6. The first kappa shape index (κ1) is 15.4. The van der Waals surface area contributed by atoms with Gasteiger partial charge in [-0.3, -0.25) is 0 Å². The van der Waals surface area contributed by atoms with Crippen LogP contribution in [-0.2, 0) is 12.8 Å². The number of aryl methyl sites for hydroxylation is 1. The van der Waals surface area contributed by atoms with Crippen LogP contribution in [0.15, 0.2) is 47.6 Å². The van der Waals surface area contributed by atoms with Crippen LogP contribution in [0.1, 0.15) is 5.56 Å². The Morgan fingerprint density at radius 2 is 2.00 bits per heavy atom. The molecule has 0 spiro atoms. The second-order valence-corrected chi connectivity index (χ2v) is 6.72. The van der Waals surface area contributed by atoms with Crippen molar-refractivity contribution >= 4 is 45.4 Å². The van der Waals surface area contributed by atoms with Crippen molar-refractivity contribution in [2.45, 2.75) is 10.9 Å². The Morgan fingerprint density at radius 3 is 2.83 bits per heavy atom. The van der Waals surface area contributed by atoms with Gasteiger partial charge in [-0.1, -0.05) is 47.6 Å². The molecule has 4 nitrogen and oxygen atoms in total. The minimum absolute atomic E-state index is 0.344. The molecule has 4 rings (SSSR count). The fourth-order valence-corrected chi connectivity index (χ4v) is 3.73. The predicted molar refractivity (Wildman–Crippen MR) is 94.8 cm³/mol. The summed E-state index contributed by atoms with van der Waals surface area (Å²) in [5.41, 5.74) is 3.48. The molecule has 0 unspecified atom stereocenters. The van der Waals surface area contributed by atoms with Gasteiger partial charge in [-0.05, 0) is 23.8 Å². The quantitative estimate of drug-likeness (QED) is 0.502. The van der Waals surface area contributed by atoms with Gasteiger partial charge in [-0.15, -0.1) is 10.2 Å². The van der Waals surface area contributed by atoms with Crippen LogP contribution in [0.5, 0.6) is 0 Å². The van der Waals surface area contributed by atoms with Gasteiger partial charge in [0.2, 0.25) is 5.16 Å². The Morgan fingerprint density at radius 1 is 1.17 bits per heavy atom. The van der Waals surface area contributed by atoms with E-state index in [-0.39, 0.29) is 5.82 Å². The topological polar surface area (TPSA) is 43.6 Å². The summed E-state index contributed by atoms with van der Waals surface area (Å²) in [4.78, 5) is 4.61. The monoisotopic (exact) mass is 358 g/mol. The summed E-state index contributed by atoms with van der Waals surface area (Å²) in [6.45, 7) is 0. The minimum Gasteiger partial charge on any atom is -0.327 e. The Hall–Kier alpha value is -2.18. The fraction of sp³-hybridized carbons (Fsp3) is 0.118. The van der Waals surface area contributed by atoms with Crippen molar-refractivity contribution in [2.75, 3.05) is 0 Å². The first-order valence-electron chi connectivity index (χ1n) is 7.28. The predicted octanol–water partition coefficient (Wildman–Crippen LogP) is 4.60. The second-order valence-electron chi connectivity index (χ2n) is 5.37. The van der Waals surface area contributed by atoms with Crippen LogP contribution >= 0.6 is 23.4 Å². The molecule has 0 N–H and O–H groups in total. The Bertz CT molecular complexity index is 1060. The minimum atomic E-state index is -0.344. The summed E-state index contributed by atoms with van der Waals surface area (Å²) in [6, 6.07) is 12.4. The van der Waals surface area contributed by atoms with E-state index in [1.165, 1.54) is 23.9 Å². The Balaban J connectivity index is 1.68. The number of rotatable bonds is 3. The number of para-hydroxylation sites is 1. The maximum absolute atomic E-state index is 13.1. The molecule has 7 heteroatoms. The largest absolute Gasteiger partial charge is 0.327 e. The Labute approximate surface area is 146 Å². The summed E-state index contributed by atoms with van der Waals surface area (Å²) in [7, 11) is 1.96. The van der Waals surface area contributed by atoms with E-state index in [1.54, 1.807) is 6.07 Å². The fourth-order valence-electron chi connectivity index (χ4n) is 2.63. The van der Waals surface area contributed by atoms with E-state index < -0.39 is 0 Å². The number of aromatic nitrogens is 4. The Kier molecular flexibility index (Phi) is 3.86. The molecule has 2 heterocycles. The van der Waals surface area contributed by atoms with Crippen molar-refractivity contribution in [1.82, 2.24) is 19.7 Å². The van der Waals surface area contributed by atoms with Crippen molar-refractivity contribution in [3.05, 3.63) is 58.9 Å². The summed E-state index contributed by atoms with van der Waals surface area (Å²) in [5.74, 6) is 0.208. The molecule has 0 saturated carbocycles. The lowest BCUT2D eigenvalue weighted by Gasteiger charge is -2.03. The molecule has 0 bridgehead atoms. The first-order valence-corrected chi connectivity index (χ1v) is 8.64. The number of halogens is 2. The van der Waals surface area contributed by atoms with Gasteiger partial charge in [0.15, 0.2) is 5.65 Å². The van der Waals surface area contributed by atoms with E-state index in [2.05, 4.69) is 15.2 Å². The molecule has 0 amide bonds.